The number of anilines is 1. The van der Waals surface area contributed by atoms with E-state index in [-0.39, 0.29) is 6.42 Å². The van der Waals surface area contributed by atoms with E-state index in [0.717, 1.165) is 0 Å². The van der Waals surface area contributed by atoms with Crippen molar-refractivity contribution in [3.05, 3.63) is 63.6 Å². The molecule has 0 aliphatic carbocycles. The van der Waals surface area contributed by atoms with Crippen LogP contribution in [0.15, 0.2) is 42.5 Å². The number of nitriles is 1. The van der Waals surface area contributed by atoms with Crippen LogP contribution in [0, 0.1) is 11.3 Å². The minimum absolute atomic E-state index is 0.139. The van der Waals surface area contributed by atoms with Gasteiger partial charge in [0.15, 0.2) is 6.10 Å². The van der Waals surface area contributed by atoms with Gasteiger partial charge in [0.05, 0.1) is 18.1 Å². The number of benzene rings is 2. The van der Waals surface area contributed by atoms with Crippen molar-refractivity contribution in [2.24, 2.45) is 0 Å². The van der Waals surface area contributed by atoms with Crippen LogP contribution in [-0.4, -0.2) is 18.0 Å². The molecule has 0 spiro atoms. The van der Waals surface area contributed by atoms with Crippen molar-refractivity contribution in [3.8, 4) is 6.07 Å². The maximum atomic E-state index is 12.1. The van der Waals surface area contributed by atoms with E-state index >= 15 is 0 Å². The molecule has 0 bridgehead atoms. The fourth-order valence-corrected chi connectivity index (χ4v) is 2.58. The van der Waals surface area contributed by atoms with Crippen molar-refractivity contribution in [3.63, 3.8) is 0 Å². The van der Waals surface area contributed by atoms with E-state index in [9.17, 15) is 9.59 Å². The predicted octanol–water partition coefficient (Wildman–Crippen LogP) is 3.98. The van der Waals surface area contributed by atoms with Gasteiger partial charge in [-0.25, -0.2) is 0 Å². The van der Waals surface area contributed by atoms with Gasteiger partial charge in [-0.3, -0.25) is 9.59 Å². The molecule has 0 aromatic heterocycles. The standard InChI is InChI=1S/C18H14Cl2N2O3/c1-11(18(24)22-13-5-2-4-12(8-13)10-21)25-17(23)9-14-15(19)6-3-7-16(14)20/h2-8,11H,9H2,1H3,(H,22,24). The van der Waals surface area contributed by atoms with Crippen molar-refractivity contribution >= 4 is 40.8 Å². The first-order valence-electron chi connectivity index (χ1n) is 7.34. The second-order valence-corrected chi connectivity index (χ2v) is 6.01. The quantitative estimate of drug-likeness (QED) is 0.800. The van der Waals surface area contributed by atoms with Gasteiger partial charge in [-0.15, -0.1) is 0 Å². The fourth-order valence-electron chi connectivity index (χ4n) is 2.05. The number of carbonyl (C=O) groups is 2. The molecule has 2 aromatic rings. The molecule has 2 aromatic carbocycles. The Hall–Kier alpha value is -2.55. The molecule has 25 heavy (non-hydrogen) atoms. The Kier molecular flexibility index (Phi) is 6.40. The highest BCUT2D eigenvalue weighted by molar-refractivity contribution is 6.36. The van der Waals surface area contributed by atoms with Crippen molar-refractivity contribution in [2.75, 3.05) is 5.32 Å². The van der Waals surface area contributed by atoms with Crippen LogP contribution in [0.4, 0.5) is 5.69 Å². The summed E-state index contributed by atoms with van der Waals surface area (Å²) in [5.74, 6) is -1.13. The number of hydrogen-bond acceptors (Lipinski definition) is 4. The zero-order valence-corrected chi connectivity index (χ0v) is 14.8. The SMILES string of the molecule is CC(OC(=O)Cc1c(Cl)cccc1Cl)C(=O)Nc1cccc(C#N)c1. The van der Waals surface area contributed by atoms with Crippen LogP contribution < -0.4 is 5.32 Å². The second-order valence-electron chi connectivity index (χ2n) is 5.19. The first kappa shape index (κ1) is 18.8. The van der Waals surface area contributed by atoms with E-state index in [1.807, 2.05) is 6.07 Å². The average molecular weight is 377 g/mol. The van der Waals surface area contributed by atoms with Gasteiger partial charge in [0.25, 0.3) is 5.91 Å². The Morgan fingerprint density at radius 2 is 1.84 bits per heavy atom. The minimum atomic E-state index is -1.01. The van der Waals surface area contributed by atoms with Gasteiger partial charge in [-0.05, 0) is 37.3 Å². The van der Waals surface area contributed by atoms with Crippen LogP contribution in [0.25, 0.3) is 0 Å². The van der Waals surface area contributed by atoms with Crippen LogP contribution in [0.1, 0.15) is 18.1 Å². The molecule has 0 aliphatic heterocycles. The summed E-state index contributed by atoms with van der Waals surface area (Å²) in [7, 11) is 0. The predicted molar refractivity (Wildman–Crippen MR) is 95.5 cm³/mol. The molecule has 2 rings (SSSR count). The lowest BCUT2D eigenvalue weighted by molar-refractivity contribution is -0.152. The molecule has 128 valence electrons. The first-order chi connectivity index (χ1) is 11.9. The van der Waals surface area contributed by atoms with Gasteiger partial charge in [-0.1, -0.05) is 35.3 Å². The summed E-state index contributed by atoms with van der Waals surface area (Å²) < 4.78 is 5.12. The van der Waals surface area contributed by atoms with Crippen LogP contribution in [0.2, 0.25) is 10.0 Å². The van der Waals surface area contributed by atoms with Gasteiger partial charge < -0.3 is 10.1 Å². The number of amides is 1. The Morgan fingerprint density at radius 3 is 2.48 bits per heavy atom. The second kappa shape index (κ2) is 8.52. The van der Waals surface area contributed by atoms with Crippen LogP contribution in [0.3, 0.4) is 0 Å². The number of esters is 1. The monoisotopic (exact) mass is 376 g/mol. The summed E-state index contributed by atoms with van der Waals surface area (Å²) in [6.45, 7) is 1.45. The number of rotatable bonds is 5. The number of ether oxygens (including phenoxy) is 1. The first-order valence-corrected chi connectivity index (χ1v) is 8.09. The smallest absolute Gasteiger partial charge is 0.311 e. The van der Waals surface area contributed by atoms with Crippen molar-refractivity contribution in [1.29, 1.82) is 5.26 Å². The van der Waals surface area contributed by atoms with E-state index < -0.39 is 18.0 Å². The highest BCUT2D eigenvalue weighted by atomic mass is 35.5. The maximum Gasteiger partial charge on any atom is 0.311 e. The number of nitrogens with zero attached hydrogens (tertiary/aromatic N) is 1. The Bertz CT molecular complexity index is 826. The Morgan fingerprint density at radius 1 is 1.20 bits per heavy atom. The molecule has 0 aliphatic rings. The molecule has 1 unspecified atom stereocenters. The maximum absolute atomic E-state index is 12.1. The highest BCUT2D eigenvalue weighted by Gasteiger charge is 2.20. The third-order valence-electron chi connectivity index (χ3n) is 3.32. The molecule has 0 heterocycles. The average Bonchev–Trinajstić information content (AvgIpc) is 2.58. The van der Waals surface area contributed by atoms with E-state index in [0.29, 0.717) is 26.9 Å². The summed E-state index contributed by atoms with van der Waals surface area (Å²) in [5.41, 5.74) is 1.31. The van der Waals surface area contributed by atoms with Gasteiger partial charge in [0.1, 0.15) is 0 Å². The lowest BCUT2D eigenvalue weighted by Gasteiger charge is -2.14. The summed E-state index contributed by atoms with van der Waals surface area (Å²) in [4.78, 5) is 24.1. The largest absolute Gasteiger partial charge is 0.452 e. The highest BCUT2D eigenvalue weighted by Crippen LogP contribution is 2.25. The van der Waals surface area contributed by atoms with E-state index in [1.54, 1.807) is 36.4 Å². The van der Waals surface area contributed by atoms with E-state index in [4.69, 9.17) is 33.2 Å². The molecule has 1 amide bonds. The lowest BCUT2D eigenvalue weighted by Crippen LogP contribution is -2.30. The summed E-state index contributed by atoms with van der Waals surface area (Å²) >= 11 is 12.0. The number of nitrogens with one attached hydrogen (secondary N) is 1. The molecule has 0 fully saturated rings. The molecule has 0 saturated carbocycles. The molecule has 0 saturated heterocycles. The molecular formula is C18H14Cl2N2O3. The Balaban J connectivity index is 1.96. The minimum Gasteiger partial charge on any atom is -0.452 e. The zero-order chi connectivity index (χ0) is 18.4. The summed E-state index contributed by atoms with van der Waals surface area (Å²) in [5, 5.41) is 12.2. The molecule has 1 atom stereocenters. The molecule has 1 N–H and O–H groups in total. The van der Waals surface area contributed by atoms with Gasteiger partial charge in [-0.2, -0.15) is 5.26 Å². The van der Waals surface area contributed by atoms with Crippen molar-refractivity contribution in [2.45, 2.75) is 19.4 Å². The molecule has 7 heteroatoms. The van der Waals surface area contributed by atoms with Crippen LogP contribution in [0.5, 0.6) is 0 Å². The number of halogens is 2. The van der Waals surface area contributed by atoms with E-state index in [2.05, 4.69) is 5.32 Å². The van der Waals surface area contributed by atoms with Crippen molar-refractivity contribution in [1.82, 2.24) is 0 Å². The third-order valence-corrected chi connectivity index (χ3v) is 4.03. The van der Waals surface area contributed by atoms with Gasteiger partial charge in [0.2, 0.25) is 0 Å². The summed E-state index contributed by atoms with van der Waals surface area (Å²) in [6, 6.07) is 13.3. The topological polar surface area (TPSA) is 79.2 Å². The van der Waals surface area contributed by atoms with Gasteiger partial charge >= 0.3 is 5.97 Å². The Labute approximate surface area is 155 Å². The lowest BCUT2D eigenvalue weighted by atomic mass is 10.1. The number of carbonyl (C=O) groups excluding carboxylic acids is 2. The van der Waals surface area contributed by atoms with Crippen LogP contribution in [-0.2, 0) is 20.7 Å². The van der Waals surface area contributed by atoms with Crippen LogP contribution >= 0.6 is 23.2 Å². The molecule has 0 radical (unpaired) electrons. The van der Waals surface area contributed by atoms with Gasteiger partial charge in [0, 0.05) is 21.3 Å². The third kappa shape index (κ3) is 5.21. The normalized spacial score (nSPS) is 11.3. The van der Waals surface area contributed by atoms with Crippen molar-refractivity contribution < 1.29 is 14.3 Å². The molecule has 5 nitrogen and oxygen atoms in total. The zero-order valence-electron chi connectivity index (χ0n) is 13.3. The number of hydrogen-bond donors (Lipinski definition) is 1. The molecular weight excluding hydrogens is 363 g/mol. The fraction of sp³-hybridized carbons (Fsp3) is 0.167. The van der Waals surface area contributed by atoms with E-state index in [1.165, 1.54) is 13.0 Å². The summed E-state index contributed by atoms with van der Waals surface area (Å²) in [6.07, 6.45) is -1.15.